The highest BCUT2D eigenvalue weighted by Gasteiger charge is 2.06. The van der Waals surface area contributed by atoms with Gasteiger partial charge in [0.05, 0.1) is 0 Å². The number of benzene rings is 2. The third kappa shape index (κ3) is 4.24. The molecule has 0 aliphatic rings. The quantitative estimate of drug-likeness (QED) is 0.380. The number of carbonyl (C=O) groups excluding carboxylic acids is 1. The van der Waals surface area contributed by atoms with Crippen LogP contribution in [-0.2, 0) is 0 Å². The fourth-order valence-electron chi connectivity index (χ4n) is 2.10. The van der Waals surface area contributed by atoms with Crippen molar-refractivity contribution in [1.29, 1.82) is 0 Å². The van der Waals surface area contributed by atoms with E-state index < -0.39 is 0 Å². The van der Waals surface area contributed by atoms with E-state index in [-0.39, 0.29) is 5.78 Å². The molecule has 0 heterocycles. The first-order valence-electron chi connectivity index (χ1n) is 7.02. The number of Topliss-reactive ketones (excluding diaryl/α,β-unsaturated/α-hetero) is 1. The van der Waals surface area contributed by atoms with Crippen LogP contribution in [0.3, 0.4) is 0 Å². The largest absolute Gasteiger partial charge is 0.294 e. The highest BCUT2D eigenvalue weighted by atomic mass is 32.2. The predicted octanol–water partition coefficient (Wildman–Crippen LogP) is 5.11. The van der Waals surface area contributed by atoms with Crippen molar-refractivity contribution >= 4 is 28.3 Å². The fourth-order valence-corrected chi connectivity index (χ4v) is 3.01. The monoisotopic (exact) mass is 284 g/mol. The molecule has 0 N–H and O–H groups in total. The Labute approximate surface area is 125 Å². The molecule has 0 aliphatic carbocycles. The van der Waals surface area contributed by atoms with Gasteiger partial charge in [0.25, 0.3) is 0 Å². The summed E-state index contributed by atoms with van der Waals surface area (Å²) >= 11 is 1.85. The summed E-state index contributed by atoms with van der Waals surface area (Å²) in [6.07, 6.45) is 4.78. The highest BCUT2D eigenvalue weighted by molar-refractivity contribution is 7.99. The Hall–Kier alpha value is -1.54. The molecule has 0 saturated heterocycles. The molecule has 2 aromatic carbocycles. The first-order valence-corrected chi connectivity index (χ1v) is 8.17. The van der Waals surface area contributed by atoms with Crippen molar-refractivity contribution in [2.45, 2.75) is 19.3 Å². The minimum absolute atomic E-state index is 0.243. The Bertz CT molecular complexity index is 589. The van der Waals surface area contributed by atoms with Crippen molar-refractivity contribution in [1.82, 2.24) is 0 Å². The third-order valence-electron chi connectivity index (χ3n) is 3.24. The second kappa shape index (κ2) is 7.91. The third-order valence-corrected chi connectivity index (χ3v) is 4.31. The molecule has 0 aliphatic heterocycles. The zero-order chi connectivity index (χ0) is 14.2. The molecule has 0 fully saturated rings. The van der Waals surface area contributed by atoms with Gasteiger partial charge < -0.3 is 0 Å². The van der Waals surface area contributed by atoms with Crippen molar-refractivity contribution in [2.75, 3.05) is 11.5 Å². The van der Waals surface area contributed by atoms with Gasteiger partial charge >= 0.3 is 0 Å². The van der Waals surface area contributed by atoms with E-state index in [2.05, 4.69) is 18.7 Å². The average molecular weight is 284 g/mol. The lowest BCUT2D eigenvalue weighted by atomic mass is 10.0. The van der Waals surface area contributed by atoms with Gasteiger partial charge in [-0.25, -0.2) is 0 Å². The molecule has 0 aromatic heterocycles. The summed E-state index contributed by atoms with van der Waals surface area (Å²) < 4.78 is 0. The SMILES string of the molecule is C=CCCCSCCC(=O)c1ccc2ccccc2c1. The minimum atomic E-state index is 0.243. The molecule has 2 heteroatoms. The molecular weight excluding hydrogens is 264 g/mol. The molecule has 1 nitrogen and oxygen atoms in total. The molecule has 0 bridgehead atoms. The Morgan fingerprint density at radius 3 is 2.70 bits per heavy atom. The van der Waals surface area contributed by atoms with Crippen LogP contribution in [0.25, 0.3) is 10.8 Å². The Kier molecular flexibility index (Phi) is 5.87. The topological polar surface area (TPSA) is 17.1 Å². The second-order valence-electron chi connectivity index (χ2n) is 4.78. The van der Waals surface area contributed by atoms with E-state index in [1.165, 1.54) is 5.39 Å². The summed E-state index contributed by atoms with van der Waals surface area (Å²) in [4.78, 5) is 12.1. The summed E-state index contributed by atoms with van der Waals surface area (Å²) in [5.74, 6) is 2.26. The van der Waals surface area contributed by atoms with Crippen LogP contribution in [0.2, 0.25) is 0 Å². The van der Waals surface area contributed by atoms with Crippen molar-refractivity contribution < 1.29 is 4.79 Å². The van der Waals surface area contributed by atoms with E-state index >= 15 is 0 Å². The van der Waals surface area contributed by atoms with E-state index in [0.29, 0.717) is 6.42 Å². The smallest absolute Gasteiger partial charge is 0.163 e. The van der Waals surface area contributed by atoms with Crippen molar-refractivity contribution in [3.8, 4) is 0 Å². The minimum Gasteiger partial charge on any atom is -0.294 e. The normalized spacial score (nSPS) is 10.6. The van der Waals surface area contributed by atoms with Gasteiger partial charge in [-0.1, -0.05) is 42.5 Å². The van der Waals surface area contributed by atoms with Gasteiger partial charge in [0.1, 0.15) is 0 Å². The summed E-state index contributed by atoms with van der Waals surface area (Å²) in [6, 6.07) is 14.1. The Balaban J connectivity index is 1.86. The van der Waals surface area contributed by atoms with Crippen LogP contribution >= 0.6 is 11.8 Å². The predicted molar refractivity (Wildman–Crippen MR) is 89.7 cm³/mol. The highest BCUT2D eigenvalue weighted by Crippen LogP contribution is 2.17. The van der Waals surface area contributed by atoms with Gasteiger partial charge in [-0.15, -0.1) is 6.58 Å². The number of thioether (sulfide) groups is 1. The van der Waals surface area contributed by atoms with Crippen molar-refractivity contribution in [2.24, 2.45) is 0 Å². The van der Waals surface area contributed by atoms with Crippen LogP contribution in [0.4, 0.5) is 0 Å². The van der Waals surface area contributed by atoms with Gasteiger partial charge in [0.15, 0.2) is 5.78 Å². The molecule has 0 unspecified atom stereocenters. The Morgan fingerprint density at radius 2 is 1.90 bits per heavy atom. The maximum Gasteiger partial charge on any atom is 0.163 e. The summed E-state index contributed by atoms with van der Waals surface area (Å²) in [6.45, 7) is 3.71. The number of rotatable bonds is 8. The first kappa shape index (κ1) is 14.9. The number of carbonyl (C=O) groups is 1. The van der Waals surface area contributed by atoms with Crippen LogP contribution in [-0.4, -0.2) is 17.3 Å². The maximum absolute atomic E-state index is 12.1. The molecule has 20 heavy (non-hydrogen) atoms. The number of allylic oxidation sites excluding steroid dienone is 1. The average Bonchev–Trinajstić information content (AvgIpc) is 2.50. The zero-order valence-electron chi connectivity index (χ0n) is 11.7. The van der Waals surface area contributed by atoms with Gasteiger partial charge in [0.2, 0.25) is 0 Å². The summed E-state index contributed by atoms with van der Waals surface area (Å²) in [7, 11) is 0. The van der Waals surface area contributed by atoms with Gasteiger partial charge in [-0.2, -0.15) is 11.8 Å². The zero-order valence-corrected chi connectivity index (χ0v) is 12.5. The molecule has 104 valence electrons. The molecule has 0 radical (unpaired) electrons. The number of unbranched alkanes of at least 4 members (excludes halogenated alkanes) is 1. The van der Waals surface area contributed by atoms with E-state index in [9.17, 15) is 4.79 Å². The summed E-state index contributed by atoms with van der Waals surface area (Å²) in [5, 5.41) is 2.32. The lowest BCUT2D eigenvalue weighted by Crippen LogP contribution is -2.00. The van der Waals surface area contributed by atoms with Gasteiger partial charge in [-0.3, -0.25) is 4.79 Å². The number of ketones is 1. The second-order valence-corrected chi connectivity index (χ2v) is 6.00. The molecule has 0 saturated carbocycles. The van der Waals surface area contributed by atoms with E-state index in [0.717, 1.165) is 35.3 Å². The molecule has 2 rings (SSSR count). The standard InChI is InChI=1S/C18H20OS/c1-2-3-6-12-20-13-11-18(19)17-10-9-15-7-4-5-8-16(15)14-17/h2,4-5,7-10,14H,1,3,6,11-13H2. The van der Waals surface area contributed by atoms with Crippen LogP contribution in [0.5, 0.6) is 0 Å². The van der Waals surface area contributed by atoms with E-state index in [4.69, 9.17) is 0 Å². The Morgan fingerprint density at radius 1 is 1.10 bits per heavy atom. The van der Waals surface area contributed by atoms with Gasteiger partial charge in [0, 0.05) is 17.7 Å². The van der Waals surface area contributed by atoms with Crippen LogP contribution in [0.15, 0.2) is 55.1 Å². The van der Waals surface area contributed by atoms with Crippen LogP contribution < -0.4 is 0 Å². The molecule has 0 atom stereocenters. The molecule has 0 spiro atoms. The number of hydrogen-bond acceptors (Lipinski definition) is 2. The van der Waals surface area contributed by atoms with E-state index in [1.54, 1.807) is 0 Å². The van der Waals surface area contributed by atoms with E-state index in [1.807, 2.05) is 48.2 Å². The summed E-state index contributed by atoms with van der Waals surface area (Å²) in [5.41, 5.74) is 0.829. The van der Waals surface area contributed by atoms with Crippen molar-refractivity contribution in [3.05, 3.63) is 60.7 Å². The lowest BCUT2D eigenvalue weighted by Gasteiger charge is -2.03. The van der Waals surface area contributed by atoms with Crippen LogP contribution in [0.1, 0.15) is 29.6 Å². The number of fused-ring (bicyclic) bond motifs is 1. The fraction of sp³-hybridized carbons (Fsp3) is 0.278. The molecular formula is C18H20OS. The van der Waals surface area contributed by atoms with Gasteiger partial charge in [-0.05, 0) is 35.4 Å². The van der Waals surface area contributed by atoms with Crippen LogP contribution in [0, 0.1) is 0 Å². The maximum atomic E-state index is 12.1. The lowest BCUT2D eigenvalue weighted by molar-refractivity contribution is 0.0989. The molecule has 0 amide bonds. The number of hydrogen-bond donors (Lipinski definition) is 0. The molecule has 2 aromatic rings. The van der Waals surface area contributed by atoms with Crippen molar-refractivity contribution in [3.63, 3.8) is 0 Å². The first-order chi connectivity index (χ1) is 9.81.